The number of halogens is 3. The lowest BCUT2D eigenvalue weighted by atomic mass is 10.1. The maximum Gasteiger partial charge on any atom is 0.425 e. The maximum atomic E-state index is 12.4. The summed E-state index contributed by atoms with van der Waals surface area (Å²) in [6, 6.07) is 0. The van der Waals surface area contributed by atoms with Crippen molar-refractivity contribution in [3.63, 3.8) is 0 Å². The molecular weight excluding hydrogens is 241 g/mol. The monoisotopic (exact) mass is 253 g/mol. The quantitative estimate of drug-likeness (QED) is 0.522. The first-order valence-corrected chi connectivity index (χ1v) is 4.93. The zero-order valence-electron chi connectivity index (χ0n) is 9.12. The number of carbonyl (C=O) groups is 2. The molecule has 0 aliphatic heterocycles. The third kappa shape index (κ3) is 7.37. The molecule has 0 saturated carbocycles. The van der Waals surface area contributed by atoms with Gasteiger partial charge in [-0.15, -0.1) is 0 Å². The summed E-state index contributed by atoms with van der Waals surface area (Å²) < 4.78 is 41.2. The van der Waals surface area contributed by atoms with E-state index in [0.717, 1.165) is 0 Å². The number of hydrogen-bond donors (Lipinski definition) is 0. The van der Waals surface area contributed by atoms with Gasteiger partial charge in [-0.05, 0) is 18.9 Å². The first kappa shape index (κ1) is 15.5. The van der Waals surface area contributed by atoms with E-state index in [1.165, 1.54) is 0 Å². The van der Waals surface area contributed by atoms with Crippen LogP contribution in [0, 0.1) is 0 Å². The number of carboxylic acid groups (broad SMARTS) is 1. The molecular formula is C10H12F3O4-. The van der Waals surface area contributed by atoms with Gasteiger partial charge < -0.3 is 14.6 Å². The van der Waals surface area contributed by atoms with E-state index in [4.69, 9.17) is 0 Å². The minimum absolute atomic E-state index is 0.252. The van der Waals surface area contributed by atoms with E-state index in [9.17, 15) is 27.9 Å². The van der Waals surface area contributed by atoms with Crippen molar-refractivity contribution in [3.8, 4) is 0 Å². The zero-order valence-corrected chi connectivity index (χ0v) is 9.12. The summed E-state index contributed by atoms with van der Waals surface area (Å²) in [5, 5.41) is 9.93. The lowest BCUT2D eigenvalue weighted by Gasteiger charge is -2.19. The molecule has 0 spiro atoms. The van der Waals surface area contributed by atoms with E-state index in [0.29, 0.717) is 18.6 Å². The smallest absolute Gasteiger partial charge is 0.425 e. The Morgan fingerprint density at radius 2 is 1.94 bits per heavy atom. The Bertz CT molecular complexity index is 296. The number of carboxylic acids is 1. The van der Waals surface area contributed by atoms with Crippen LogP contribution in [-0.4, -0.2) is 24.2 Å². The van der Waals surface area contributed by atoms with E-state index in [2.05, 4.69) is 4.74 Å². The number of rotatable bonds is 6. The van der Waals surface area contributed by atoms with Gasteiger partial charge in [-0.25, -0.2) is 4.79 Å². The van der Waals surface area contributed by atoms with Gasteiger partial charge in [0.1, 0.15) is 0 Å². The van der Waals surface area contributed by atoms with Crippen molar-refractivity contribution < 1.29 is 32.6 Å². The maximum absolute atomic E-state index is 12.4. The van der Waals surface area contributed by atoms with Crippen LogP contribution in [0.4, 0.5) is 13.2 Å². The predicted octanol–water partition coefficient (Wildman–Crippen LogP) is 0.957. The molecule has 0 aromatic carbocycles. The molecule has 0 saturated heterocycles. The molecule has 0 N–H and O–H groups in total. The largest absolute Gasteiger partial charge is 0.545 e. The number of esters is 1. The molecule has 1 atom stereocenters. The molecule has 1 unspecified atom stereocenters. The molecule has 0 aromatic heterocycles. The Morgan fingerprint density at radius 3 is 2.35 bits per heavy atom. The van der Waals surface area contributed by atoms with Crippen LogP contribution in [0.25, 0.3) is 0 Å². The number of alkyl halides is 3. The van der Waals surface area contributed by atoms with Crippen molar-refractivity contribution in [2.24, 2.45) is 0 Å². The predicted molar refractivity (Wildman–Crippen MR) is 49.6 cm³/mol. The Labute approximate surface area is 96.1 Å². The highest BCUT2D eigenvalue weighted by Gasteiger charge is 2.41. The SMILES string of the molecule is CCCCC(OC(=O)C=CC(=O)[O-])C(F)(F)F. The van der Waals surface area contributed by atoms with Gasteiger partial charge in [0.15, 0.2) is 6.10 Å². The second kappa shape index (κ2) is 6.93. The average Bonchev–Trinajstić information content (AvgIpc) is 2.19. The van der Waals surface area contributed by atoms with Crippen molar-refractivity contribution in [1.82, 2.24) is 0 Å². The molecule has 0 bridgehead atoms. The fourth-order valence-electron chi connectivity index (χ4n) is 0.995. The summed E-state index contributed by atoms with van der Waals surface area (Å²) in [6.45, 7) is 1.70. The number of hydrogen-bond acceptors (Lipinski definition) is 4. The molecule has 0 radical (unpaired) electrons. The van der Waals surface area contributed by atoms with Gasteiger partial charge in [0, 0.05) is 6.08 Å². The van der Waals surface area contributed by atoms with E-state index in [-0.39, 0.29) is 12.8 Å². The van der Waals surface area contributed by atoms with Crippen LogP contribution < -0.4 is 5.11 Å². The van der Waals surface area contributed by atoms with Crippen LogP contribution in [0.15, 0.2) is 12.2 Å². The van der Waals surface area contributed by atoms with E-state index < -0.39 is 24.2 Å². The van der Waals surface area contributed by atoms with Crippen molar-refractivity contribution in [2.45, 2.75) is 38.5 Å². The minimum Gasteiger partial charge on any atom is -0.545 e. The summed E-state index contributed by atoms with van der Waals surface area (Å²) in [7, 11) is 0. The fourth-order valence-corrected chi connectivity index (χ4v) is 0.995. The first-order valence-electron chi connectivity index (χ1n) is 4.93. The van der Waals surface area contributed by atoms with Crippen LogP contribution in [0.2, 0.25) is 0 Å². The number of carbonyl (C=O) groups excluding carboxylic acids is 2. The lowest BCUT2D eigenvalue weighted by molar-refractivity contribution is -0.297. The van der Waals surface area contributed by atoms with Crippen molar-refractivity contribution >= 4 is 11.9 Å². The van der Waals surface area contributed by atoms with Gasteiger partial charge >= 0.3 is 12.1 Å². The van der Waals surface area contributed by atoms with Crippen LogP contribution in [0.1, 0.15) is 26.2 Å². The molecule has 17 heavy (non-hydrogen) atoms. The van der Waals surface area contributed by atoms with E-state index >= 15 is 0 Å². The molecule has 98 valence electrons. The summed E-state index contributed by atoms with van der Waals surface area (Å²) in [5.74, 6) is -3.04. The van der Waals surface area contributed by atoms with Gasteiger partial charge in [-0.1, -0.05) is 13.3 Å². The Hall–Kier alpha value is -1.53. The number of aliphatic carboxylic acids is 1. The molecule has 0 fully saturated rings. The Morgan fingerprint density at radius 1 is 1.35 bits per heavy atom. The third-order valence-corrected chi connectivity index (χ3v) is 1.80. The second-order valence-corrected chi connectivity index (χ2v) is 3.26. The standard InChI is InChI=1S/C10H13F3O4/c1-2-3-4-7(10(11,12)13)17-9(16)6-5-8(14)15/h5-7H,2-4H2,1H3,(H,14,15)/p-1. The molecule has 0 rings (SSSR count). The van der Waals surface area contributed by atoms with Crippen LogP contribution in [0.5, 0.6) is 0 Å². The molecule has 4 nitrogen and oxygen atoms in total. The molecule has 0 heterocycles. The normalized spacial score (nSPS) is 13.6. The van der Waals surface area contributed by atoms with E-state index in [1.54, 1.807) is 6.92 Å². The van der Waals surface area contributed by atoms with Crippen molar-refractivity contribution in [3.05, 3.63) is 12.2 Å². The van der Waals surface area contributed by atoms with Crippen LogP contribution in [0.3, 0.4) is 0 Å². The highest BCUT2D eigenvalue weighted by molar-refractivity contribution is 5.89. The minimum atomic E-state index is -4.65. The van der Waals surface area contributed by atoms with Crippen molar-refractivity contribution in [2.75, 3.05) is 0 Å². The van der Waals surface area contributed by atoms with Gasteiger partial charge in [-0.3, -0.25) is 0 Å². The number of ether oxygens (including phenoxy) is 1. The zero-order chi connectivity index (χ0) is 13.5. The topological polar surface area (TPSA) is 66.4 Å². The third-order valence-electron chi connectivity index (χ3n) is 1.80. The van der Waals surface area contributed by atoms with Gasteiger partial charge in [0.25, 0.3) is 0 Å². The van der Waals surface area contributed by atoms with Crippen LogP contribution >= 0.6 is 0 Å². The molecule has 0 aromatic rings. The van der Waals surface area contributed by atoms with Gasteiger partial charge in [0.2, 0.25) is 0 Å². The highest BCUT2D eigenvalue weighted by atomic mass is 19.4. The number of unbranched alkanes of at least 4 members (excludes halogenated alkanes) is 1. The average molecular weight is 253 g/mol. The first-order chi connectivity index (χ1) is 7.77. The molecule has 7 heteroatoms. The van der Waals surface area contributed by atoms with E-state index in [1.807, 2.05) is 0 Å². The Balaban J connectivity index is 4.43. The van der Waals surface area contributed by atoms with Crippen LogP contribution in [-0.2, 0) is 14.3 Å². The summed E-state index contributed by atoms with van der Waals surface area (Å²) in [6.07, 6.45) is -5.72. The molecule has 0 aliphatic carbocycles. The summed E-state index contributed by atoms with van der Waals surface area (Å²) >= 11 is 0. The summed E-state index contributed by atoms with van der Waals surface area (Å²) in [4.78, 5) is 20.8. The summed E-state index contributed by atoms with van der Waals surface area (Å²) in [5.41, 5.74) is 0. The van der Waals surface area contributed by atoms with Gasteiger partial charge in [0.05, 0.1) is 5.97 Å². The fraction of sp³-hybridized carbons (Fsp3) is 0.600. The molecule has 0 amide bonds. The van der Waals surface area contributed by atoms with Crippen molar-refractivity contribution in [1.29, 1.82) is 0 Å². The Kier molecular flexibility index (Phi) is 6.30. The lowest BCUT2D eigenvalue weighted by Crippen LogP contribution is -2.33. The van der Waals surface area contributed by atoms with Gasteiger partial charge in [-0.2, -0.15) is 13.2 Å². The second-order valence-electron chi connectivity index (χ2n) is 3.26. The highest BCUT2D eigenvalue weighted by Crippen LogP contribution is 2.26. The molecule has 0 aliphatic rings.